The first-order valence-electron chi connectivity index (χ1n) is 8.43. The molecule has 2 aromatic rings. The number of carbonyl (C=O) groups is 1. The van der Waals surface area contributed by atoms with Crippen molar-refractivity contribution in [1.29, 1.82) is 0 Å². The van der Waals surface area contributed by atoms with Crippen molar-refractivity contribution < 1.29 is 23.7 Å². The van der Waals surface area contributed by atoms with Gasteiger partial charge in [-0.3, -0.25) is 4.79 Å². The average Bonchev–Trinajstić information content (AvgIpc) is 2.67. The molecule has 0 heterocycles. The normalized spacial score (nSPS) is 10.2. The number of carbonyl (C=O) groups excluding carboxylic acids is 1. The Bertz CT molecular complexity index is 720. The SMILES string of the molecule is CCOc1ccccc1NC(=O)CCc1cc(OC)c(OC)c(OC)c1. The summed E-state index contributed by atoms with van der Waals surface area (Å²) in [4.78, 5) is 12.3. The molecule has 26 heavy (non-hydrogen) atoms. The molecule has 0 aliphatic heterocycles. The van der Waals surface area contributed by atoms with Crippen LogP contribution in [0.5, 0.6) is 23.0 Å². The van der Waals surface area contributed by atoms with Gasteiger partial charge >= 0.3 is 0 Å². The molecular formula is C20H25NO5. The van der Waals surface area contributed by atoms with Crippen LogP contribution in [-0.2, 0) is 11.2 Å². The van der Waals surface area contributed by atoms with E-state index in [4.69, 9.17) is 18.9 Å². The predicted molar refractivity (Wildman–Crippen MR) is 101 cm³/mol. The minimum atomic E-state index is -0.0918. The lowest BCUT2D eigenvalue weighted by molar-refractivity contribution is -0.116. The molecule has 0 saturated carbocycles. The van der Waals surface area contributed by atoms with Crippen molar-refractivity contribution in [3.63, 3.8) is 0 Å². The first-order chi connectivity index (χ1) is 12.6. The number of anilines is 1. The number of ether oxygens (including phenoxy) is 4. The van der Waals surface area contributed by atoms with Crippen LogP contribution in [0, 0.1) is 0 Å². The average molecular weight is 359 g/mol. The quantitative estimate of drug-likeness (QED) is 0.740. The minimum absolute atomic E-state index is 0.0918. The van der Waals surface area contributed by atoms with Crippen molar-refractivity contribution in [2.45, 2.75) is 19.8 Å². The van der Waals surface area contributed by atoms with Gasteiger partial charge in [0.2, 0.25) is 11.7 Å². The van der Waals surface area contributed by atoms with Crippen molar-refractivity contribution in [3.8, 4) is 23.0 Å². The molecule has 2 rings (SSSR count). The number of nitrogens with one attached hydrogen (secondary N) is 1. The Morgan fingerprint density at radius 2 is 1.62 bits per heavy atom. The van der Waals surface area contributed by atoms with E-state index in [9.17, 15) is 4.79 Å². The number of methoxy groups -OCH3 is 3. The van der Waals surface area contributed by atoms with Gasteiger partial charge in [-0.25, -0.2) is 0 Å². The molecule has 0 unspecified atom stereocenters. The van der Waals surface area contributed by atoms with Gasteiger partial charge in [0.25, 0.3) is 0 Å². The first-order valence-corrected chi connectivity index (χ1v) is 8.43. The molecule has 1 amide bonds. The van der Waals surface area contributed by atoms with Gasteiger partial charge in [-0.2, -0.15) is 0 Å². The lowest BCUT2D eigenvalue weighted by atomic mass is 10.1. The maximum atomic E-state index is 12.3. The number of hydrogen-bond donors (Lipinski definition) is 1. The van der Waals surface area contributed by atoms with E-state index in [1.165, 1.54) is 0 Å². The molecule has 6 nitrogen and oxygen atoms in total. The van der Waals surface area contributed by atoms with Gasteiger partial charge in [-0.15, -0.1) is 0 Å². The second-order valence-electron chi connectivity index (χ2n) is 5.51. The number of para-hydroxylation sites is 2. The molecule has 0 saturated heterocycles. The highest BCUT2D eigenvalue weighted by Crippen LogP contribution is 2.38. The highest BCUT2D eigenvalue weighted by Gasteiger charge is 2.14. The van der Waals surface area contributed by atoms with Crippen LogP contribution in [0.1, 0.15) is 18.9 Å². The fourth-order valence-electron chi connectivity index (χ4n) is 2.60. The Hall–Kier alpha value is -2.89. The van der Waals surface area contributed by atoms with Gasteiger partial charge in [-0.1, -0.05) is 12.1 Å². The van der Waals surface area contributed by atoms with Gasteiger partial charge in [0.15, 0.2) is 11.5 Å². The maximum absolute atomic E-state index is 12.3. The third kappa shape index (κ3) is 4.81. The fourth-order valence-corrected chi connectivity index (χ4v) is 2.60. The van der Waals surface area contributed by atoms with Crippen molar-refractivity contribution in [2.75, 3.05) is 33.3 Å². The van der Waals surface area contributed by atoms with E-state index in [-0.39, 0.29) is 5.91 Å². The monoisotopic (exact) mass is 359 g/mol. The molecule has 0 aliphatic rings. The van der Waals surface area contributed by atoms with E-state index in [1.54, 1.807) is 21.3 Å². The first kappa shape index (κ1) is 19.4. The summed E-state index contributed by atoms with van der Waals surface area (Å²) >= 11 is 0. The Morgan fingerprint density at radius 1 is 0.962 bits per heavy atom. The fraction of sp³-hybridized carbons (Fsp3) is 0.350. The van der Waals surface area contributed by atoms with Crippen LogP contribution >= 0.6 is 0 Å². The van der Waals surface area contributed by atoms with Gasteiger partial charge < -0.3 is 24.3 Å². The molecule has 0 aliphatic carbocycles. The summed E-state index contributed by atoms with van der Waals surface area (Å²) in [6.45, 7) is 2.45. The number of benzene rings is 2. The molecule has 0 radical (unpaired) electrons. The van der Waals surface area contributed by atoms with Crippen LogP contribution < -0.4 is 24.3 Å². The molecule has 0 atom stereocenters. The van der Waals surface area contributed by atoms with Crippen LogP contribution in [0.3, 0.4) is 0 Å². The van der Waals surface area contributed by atoms with Crippen LogP contribution in [0.25, 0.3) is 0 Å². The predicted octanol–water partition coefficient (Wildman–Crippen LogP) is 3.68. The lowest BCUT2D eigenvalue weighted by Gasteiger charge is -2.14. The Labute approximate surface area is 154 Å². The molecule has 0 spiro atoms. The summed E-state index contributed by atoms with van der Waals surface area (Å²) in [5.74, 6) is 2.25. The van der Waals surface area contributed by atoms with E-state index in [1.807, 2.05) is 43.3 Å². The van der Waals surface area contributed by atoms with E-state index >= 15 is 0 Å². The number of rotatable bonds is 9. The largest absolute Gasteiger partial charge is 0.493 e. The zero-order valence-corrected chi connectivity index (χ0v) is 15.6. The van der Waals surface area contributed by atoms with Crippen molar-refractivity contribution in [3.05, 3.63) is 42.0 Å². The van der Waals surface area contributed by atoms with E-state index in [0.29, 0.717) is 48.1 Å². The zero-order valence-electron chi connectivity index (χ0n) is 15.6. The van der Waals surface area contributed by atoms with E-state index < -0.39 is 0 Å². The lowest BCUT2D eigenvalue weighted by Crippen LogP contribution is -2.13. The summed E-state index contributed by atoms with van der Waals surface area (Å²) in [6.07, 6.45) is 0.860. The summed E-state index contributed by atoms with van der Waals surface area (Å²) in [5.41, 5.74) is 1.59. The highest BCUT2D eigenvalue weighted by atomic mass is 16.5. The molecule has 0 aromatic heterocycles. The summed E-state index contributed by atoms with van der Waals surface area (Å²) in [7, 11) is 4.69. The second kappa shape index (κ2) is 9.56. The third-order valence-corrected chi connectivity index (χ3v) is 3.83. The smallest absolute Gasteiger partial charge is 0.224 e. The Morgan fingerprint density at radius 3 is 2.19 bits per heavy atom. The topological polar surface area (TPSA) is 66.0 Å². The number of aryl methyl sites for hydroxylation is 1. The van der Waals surface area contributed by atoms with Gasteiger partial charge in [0.1, 0.15) is 5.75 Å². The van der Waals surface area contributed by atoms with E-state index in [0.717, 1.165) is 5.56 Å². The van der Waals surface area contributed by atoms with Crippen LogP contribution in [-0.4, -0.2) is 33.8 Å². The molecule has 0 fully saturated rings. The number of amides is 1. The van der Waals surface area contributed by atoms with Crippen LogP contribution in [0.15, 0.2) is 36.4 Å². The van der Waals surface area contributed by atoms with E-state index in [2.05, 4.69) is 5.32 Å². The van der Waals surface area contributed by atoms with Crippen molar-refractivity contribution >= 4 is 11.6 Å². The second-order valence-corrected chi connectivity index (χ2v) is 5.51. The van der Waals surface area contributed by atoms with Crippen molar-refractivity contribution in [1.82, 2.24) is 0 Å². The molecule has 0 bridgehead atoms. The molecule has 6 heteroatoms. The molecule has 140 valence electrons. The summed E-state index contributed by atoms with van der Waals surface area (Å²) < 4.78 is 21.5. The zero-order chi connectivity index (χ0) is 18.9. The molecule has 2 aromatic carbocycles. The van der Waals surface area contributed by atoms with Crippen molar-refractivity contribution in [2.24, 2.45) is 0 Å². The summed E-state index contributed by atoms with van der Waals surface area (Å²) in [6, 6.07) is 11.1. The Kier molecular flexibility index (Phi) is 7.14. The standard InChI is InChI=1S/C20H25NO5/c1-5-26-16-9-7-6-8-15(16)21-19(22)11-10-14-12-17(23-2)20(25-4)18(13-14)24-3/h6-9,12-13H,5,10-11H2,1-4H3,(H,21,22). The van der Waals surface area contributed by atoms with Gasteiger partial charge in [0.05, 0.1) is 33.6 Å². The minimum Gasteiger partial charge on any atom is -0.493 e. The summed E-state index contributed by atoms with van der Waals surface area (Å²) in [5, 5.41) is 2.89. The van der Waals surface area contributed by atoms with Gasteiger partial charge in [-0.05, 0) is 43.2 Å². The molecule has 1 N–H and O–H groups in total. The number of hydrogen-bond acceptors (Lipinski definition) is 5. The maximum Gasteiger partial charge on any atom is 0.224 e. The van der Waals surface area contributed by atoms with Crippen LogP contribution in [0.2, 0.25) is 0 Å². The molecular weight excluding hydrogens is 334 g/mol. The van der Waals surface area contributed by atoms with Crippen LogP contribution in [0.4, 0.5) is 5.69 Å². The third-order valence-electron chi connectivity index (χ3n) is 3.83. The highest BCUT2D eigenvalue weighted by molar-refractivity contribution is 5.92. The Balaban J connectivity index is 2.06. The van der Waals surface area contributed by atoms with Gasteiger partial charge in [0, 0.05) is 6.42 Å².